The van der Waals surface area contributed by atoms with Crippen LogP contribution in [0.4, 0.5) is 0 Å². The van der Waals surface area contributed by atoms with Crippen LogP contribution < -0.4 is 0 Å². The van der Waals surface area contributed by atoms with Crippen LogP contribution in [0.3, 0.4) is 0 Å². The molecule has 0 saturated carbocycles. The third-order valence-corrected chi connectivity index (χ3v) is 2.22. The van der Waals surface area contributed by atoms with Gasteiger partial charge < -0.3 is 14.5 Å². The van der Waals surface area contributed by atoms with Crippen molar-refractivity contribution in [2.24, 2.45) is 0 Å². The SMILES string of the molecule is CC1OC1P(=O)(O)O.[Ca]. The maximum atomic E-state index is 10.2. The summed E-state index contributed by atoms with van der Waals surface area (Å²) < 4.78 is 14.7. The first-order valence-corrected chi connectivity index (χ1v) is 3.90. The van der Waals surface area contributed by atoms with E-state index in [-0.39, 0.29) is 43.8 Å². The molecule has 0 aliphatic carbocycles. The molecule has 1 heterocycles. The van der Waals surface area contributed by atoms with Crippen LogP contribution in [0.1, 0.15) is 6.92 Å². The number of hydrogen-bond donors (Lipinski definition) is 2. The fourth-order valence-corrected chi connectivity index (χ4v) is 1.42. The Kier molecular flexibility index (Phi) is 3.66. The zero-order valence-electron chi connectivity index (χ0n) is 5.02. The third kappa shape index (κ3) is 2.85. The summed E-state index contributed by atoms with van der Waals surface area (Å²) >= 11 is 0. The van der Waals surface area contributed by atoms with Gasteiger partial charge in [-0.05, 0) is 6.92 Å². The van der Waals surface area contributed by atoms with Gasteiger partial charge in [-0.2, -0.15) is 0 Å². The van der Waals surface area contributed by atoms with E-state index >= 15 is 0 Å². The van der Waals surface area contributed by atoms with E-state index in [9.17, 15) is 4.57 Å². The Morgan fingerprint density at radius 1 is 1.56 bits per heavy atom. The molecule has 0 amide bonds. The van der Waals surface area contributed by atoms with Crippen LogP contribution in [-0.2, 0) is 9.30 Å². The van der Waals surface area contributed by atoms with Crippen LogP contribution in [0.5, 0.6) is 0 Å². The second-order valence-corrected chi connectivity index (χ2v) is 3.51. The first-order valence-electron chi connectivity index (χ1n) is 2.22. The molecule has 1 rings (SSSR count). The van der Waals surface area contributed by atoms with Gasteiger partial charge in [0.1, 0.15) is 0 Å². The molecule has 2 radical (unpaired) electrons. The van der Waals surface area contributed by atoms with Gasteiger partial charge in [0, 0.05) is 37.7 Å². The van der Waals surface area contributed by atoms with Crippen LogP contribution in [0.25, 0.3) is 0 Å². The van der Waals surface area contributed by atoms with E-state index in [0.717, 1.165) is 0 Å². The van der Waals surface area contributed by atoms with E-state index in [1.807, 2.05) is 0 Å². The smallest absolute Gasteiger partial charge is 0.356 e. The fourth-order valence-electron chi connectivity index (χ4n) is 0.527. The average Bonchev–Trinajstić information content (AvgIpc) is 2.13. The number of ether oxygens (including phenoxy) is 1. The van der Waals surface area contributed by atoms with Crippen LogP contribution in [-0.4, -0.2) is 59.5 Å². The summed E-state index contributed by atoms with van der Waals surface area (Å²) in [6.07, 6.45) is -0.254. The van der Waals surface area contributed by atoms with Gasteiger partial charge in [-0.25, -0.2) is 0 Å². The Labute approximate surface area is 82.7 Å². The van der Waals surface area contributed by atoms with E-state index in [1.165, 1.54) is 0 Å². The molecule has 0 bridgehead atoms. The molecule has 1 aliphatic rings. The topological polar surface area (TPSA) is 70.1 Å². The van der Waals surface area contributed by atoms with Crippen molar-refractivity contribution in [3.05, 3.63) is 0 Å². The summed E-state index contributed by atoms with van der Waals surface area (Å²) in [6, 6.07) is 0. The molecule has 1 saturated heterocycles. The van der Waals surface area contributed by atoms with Gasteiger partial charge in [0.05, 0.1) is 6.10 Å². The maximum absolute atomic E-state index is 10.2. The van der Waals surface area contributed by atoms with Gasteiger partial charge >= 0.3 is 7.60 Å². The quantitative estimate of drug-likeness (QED) is 0.323. The fraction of sp³-hybridized carbons (Fsp3) is 1.00. The van der Waals surface area contributed by atoms with Crippen molar-refractivity contribution >= 4 is 45.3 Å². The Hall–Kier alpha value is 1.37. The molecule has 0 spiro atoms. The summed E-state index contributed by atoms with van der Waals surface area (Å²) in [5.74, 6) is -0.817. The van der Waals surface area contributed by atoms with Gasteiger partial charge in [0.25, 0.3) is 0 Å². The van der Waals surface area contributed by atoms with Gasteiger partial charge in [-0.1, -0.05) is 0 Å². The van der Waals surface area contributed by atoms with E-state index in [1.54, 1.807) is 6.92 Å². The normalized spacial score (nSPS) is 33.2. The van der Waals surface area contributed by atoms with Crippen molar-refractivity contribution in [1.82, 2.24) is 0 Å². The van der Waals surface area contributed by atoms with Crippen molar-refractivity contribution in [3.8, 4) is 0 Å². The number of epoxide rings is 1. The zero-order chi connectivity index (χ0) is 6.36. The Morgan fingerprint density at radius 3 is 1.89 bits per heavy atom. The molecule has 9 heavy (non-hydrogen) atoms. The van der Waals surface area contributed by atoms with Crippen LogP contribution in [0, 0.1) is 0 Å². The Balaban J connectivity index is 0.000000640. The molecule has 1 fully saturated rings. The average molecular weight is 178 g/mol. The standard InChI is InChI=1S/C3H7O4P.Ca/c1-2-3(7-2)8(4,5)6;/h2-3H,1H3,(H2,4,5,6);. The monoisotopic (exact) mass is 178 g/mol. The molecular weight excluding hydrogens is 171 g/mol. The van der Waals surface area contributed by atoms with E-state index in [0.29, 0.717) is 0 Å². The van der Waals surface area contributed by atoms with E-state index < -0.39 is 13.4 Å². The second-order valence-electron chi connectivity index (χ2n) is 1.82. The molecule has 0 aromatic rings. The zero-order valence-corrected chi connectivity index (χ0v) is 8.12. The first kappa shape index (κ1) is 10.4. The molecule has 2 atom stereocenters. The summed E-state index contributed by atoms with van der Waals surface area (Å²) in [6.45, 7) is 1.63. The van der Waals surface area contributed by atoms with Gasteiger partial charge in [-0.15, -0.1) is 0 Å². The maximum Gasteiger partial charge on any atom is 0.356 e. The van der Waals surface area contributed by atoms with Crippen LogP contribution in [0.15, 0.2) is 0 Å². The molecule has 1 aliphatic heterocycles. The minimum atomic E-state index is -3.90. The predicted molar refractivity (Wildman–Crippen MR) is 32.1 cm³/mol. The largest absolute Gasteiger partial charge is 0.356 e. The van der Waals surface area contributed by atoms with Crippen molar-refractivity contribution in [2.75, 3.05) is 0 Å². The summed E-state index contributed by atoms with van der Waals surface area (Å²) in [5, 5.41) is 0. The molecule has 4 nitrogen and oxygen atoms in total. The first-order chi connectivity index (χ1) is 3.52. The number of rotatable bonds is 1. The number of hydrogen-bond acceptors (Lipinski definition) is 2. The third-order valence-electron chi connectivity index (χ3n) is 1.01. The van der Waals surface area contributed by atoms with Gasteiger partial charge in [0.15, 0.2) is 5.85 Å². The molecular formula is C3H7CaO4P. The molecule has 0 aromatic carbocycles. The minimum absolute atomic E-state index is 0. The van der Waals surface area contributed by atoms with Gasteiger partial charge in [-0.3, -0.25) is 4.57 Å². The Morgan fingerprint density at radius 2 is 1.89 bits per heavy atom. The predicted octanol–water partition coefficient (Wildman–Crippen LogP) is -0.472. The van der Waals surface area contributed by atoms with Crippen LogP contribution in [0.2, 0.25) is 0 Å². The molecule has 2 unspecified atom stereocenters. The van der Waals surface area contributed by atoms with Crippen molar-refractivity contribution in [1.29, 1.82) is 0 Å². The molecule has 50 valence electrons. The van der Waals surface area contributed by atoms with E-state index in [2.05, 4.69) is 4.74 Å². The molecule has 2 N–H and O–H groups in total. The second kappa shape index (κ2) is 3.18. The van der Waals surface area contributed by atoms with Crippen molar-refractivity contribution in [2.45, 2.75) is 18.9 Å². The summed E-state index contributed by atoms with van der Waals surface area (Å²) in [7, 11) is -3.90. The summed E-state index contributed by atoms with van der Waals surface area (Å²) in [5.41, 5.74) is 0. The van der Waals surface area contributed by atoms with Crippen molar-refractivity contribution in [3.63, 3.8) is 0 Å². The van der Waals surface area contributed by atoms with Gasteiger partial charge in [0.2, 0.25) is 0 Å². The molecule has 0 aromatic heterocycles. The Bertz CT molecular complexity index is 143. The van der Waals surface area contributed by atoms with E-state index in [4.69, 9.17) is 9.79 Å². The molecule has 6 heteroatoms. The minimum Gasteiger partial charge on any atom is -0.356 e. The summed E-state index contributed by atoms with van der Waals surface area (Å²) in [4.78, 5) is 16.6. The van der Waals surface area contributed by atoms with Crippen molar-refractivity contribution < 1.29 is 19.1 Å². The van der Waals surface area contributed by atoms with Crippen LogP contribution >= 0.6 is 7.60 Å².